The molecule has 12 nitrogen and oxygen atoms in total. The van der Waals surface area contributed by atoms with Gasteiger partial charge >= 0.3 is 5.97 Å². The molecule has 2 aromatic carbocycles. The number of ether oxygens (including phenoxy) is 2. The van der Waals surface area contributed by atoms with Crippen LogP contribution in [0.4, 0.5) is 5.69 Å². The Balaban J connectivity index is 1.97. The summed E-state index contributed by atoms with van der Waals surface area (Å²) in [6, 6.07) is 9.80. The second-order valence-corrected chi connectivity index (χ2v) is 11.8. The molecule has 0 unspecified atom stereocenters. The standard InChI is InChI=1S/C29H38N6O6S/c1-4-40-26(36)18-42(38,39)35(12-6-8-21-7-5-9-22(16-21)28(31)32)23-15-19(2)27(25(17-23)29(33)37)41-24-10-13-34(14-11-24)20(3)30/h5-9,15-17,24,30H,4,10-14,18H2,1-3H3,(H3,31,32)(H2,33,37)/b8-6+,30-20?. The topological polar surface area (TPSA) is 193 Å². The number of benzene rings is 2. The second-order valence-electron chi connectivity index (χ2n) is 9.93. The quantitative estimate of drug-likeness (QED) is 0.163. The number of carbonyl (C=O) groups excluding carboxylic acids is 2. The minimum atomic E-state index is -4.25. The third-order valence-electron chi connectivity index (χ3n) is 6.73. The molecule has 1 aliphatic heterocycles. The van der Waals surface area contributed by atoms with E-state index in [0.717, 1.165) is 4.31 Å². The van der Waals surface area contributed by atoms with Crippen LogP contribution in [-0.4, -0.2) is 75.0 Å². The molecule has 0 aromatic heterocycles. The number of sulfonamides is 1. The highest BCUT2D eigenvalue weighted by Crippen LogP contribution is 2.33. The molecule has 0 radical (unpaired) electrons. The van der Waals surface area contributed by atoms with Crippen LogP contribution in [0, 0.1) is 17.7 Å². The molecule has 226 valence electrons. The van der Waals surface area contributed by atoms with E-state index in [-0.39, 0.29) is 42.1 Å². The fourth-order valence-corrected chi connectivity index (χ4v) is 5.89. The van der Waals surface area contributed by atoms with Crippen LogP contribution in [0.1, 0.15) is 53.7 Å². The smallest absolute Gasteiger partial charge is 0.323 e. The Kier molecular flexibility index (Phi) is 10.7. The Morgan fingerprint density at radius 1 is 1.14 bits per heavy atom. The predicted molar refractivity (Wildman–Crippen MR) is 163 cm³/mol. The average Bonchev–Trinajstić information content (AvgIpc) is 2.92. The number of piperidine rings is 1. The van der Waals surface area contributed by atoms with Crippen LogP contribution in [0.2, 0.25) is 0 Å². The molecule has 1 saturated heterocycles. The van der Waals surface area contributed by atoms with Gasteiger partial charge in [-0.05, 0) is 50.1 Å². The number of anilines is 1. The first-order valence-corrected chi connectivity index (χ1v) is 15.1. The summed E-state index contributed by atoms with van der Waals surface area (Å²) in [6.07, 6.45) is 4.34. The number of hydrogen-bond acceptors (Lipinski definition) is 8. The fourth-order valence-electron chi connectivity index (χ4n) is 4.62. The van der Waals surface area contributed by atoms with E-state index in [1.54, 1.807) is 63.3 Å². The number of esters is 1. The van der Waals surface area contributed by atoms with Crippen LogP contribution >= 0.6 is 0 Å². The largest absolute Gasteiger partial charge is 0.489 e. The van der Waals surface area contributed by atoms with E-state index in [1.165, 1.54) is 6.07 Å². The maximum absolute atomic E-state index is 13.5. The lowest BCUT2D eigenvalue weighted by Crippen LogP contribution is -2.40. The highest BCUT2D eigenvalue weighted by Gasteiger charge is 2.29. The van der Waals surface area contributed by atoms with E-state index in [2.05, 4.69) is 0 Å². The zero-order valence-corrected chi connectivity index (χ0v) is 24.9. The molecular formula is C29H38N6O6S. The van der Waals surface area contributed by atoms with Gasteiger partial charge in [-0.1, -0.05) is 30.4 Å². The lowest BCUT2D eigenvalue weighted by Gasteiger charge is -2.33. The summed E-state index contributed by atoms with van der Waals surface area (Å²) < 4.78 is 39.0. The van der Waals surface area contributed by atoms with Gasteiger partial charge in [-0.3, -0.25) is 24.7 Å². The van der Waals surface area contributed by atoms with E-state index in [0.29, 0.717) is 48.5 Å². The summed E-state index contributed by atoms with van der Waals surface area (Å²) in [5.74, 6) is -1.94. The third kappa shape index (κ3) is 8.32. The van der Waals surface area contributed by atoms with Crippen molar-refractivity contribution in [1.29, 1.82) is 10.8 Å². The minimum Gasteiger partial charge on any atom is -0.489 e. The van der Waals surface area contributed by atoms with Crippen molar-refractivity contribution in [3.63, 3.8) is 0 Å². The summed E-state index contributed by atoms with van der Waals surface area (Å²) in [6.45, 7) is 6.14. The molecule has 2 aromatic rings. The van der Waals surface area contributed by atoms with Crippen molar-refractivity contribution in [3.8, 4) is 5.75 Å². The highest BCUT2D eigenvalue weighted by molar-refractivity contribution is 7.93. The number of nitrogens with two attached hydrogens (primary N) is 2. The lowest BCUT2D eigenvalue weighted by molar-refractivity contribution is -0.139. The molecule has 0 saturated carbocycles. The van der Waals surface area contributed by atoms with Gasteiger partial charge in [0, 0.05) is 31.5 Å². The van der Waals surface area contributed by atoms with Crippen LogP contribution in [0.15, 0.2) is 42.5 Å². The molecule has 1 fully saturated rings. The summed E-state index contributed by atoms with van der Waals surface area (Å²) in [5.41, 5.74) is 13.2. The molecule has 0 spiro atoms. The molecule has 0 aliphatic carbocycles. The minimum absolute atomic E-state index is 0.0186. The Labute approximate surface area is 246 Å². The van der Waals surface area contributed by atoms with Crippen molar-refractivity contribution in [2.75, 3.05) is 36.3 Å². The Morgan fingerprint density at radius 2 is 1.83 bits per heavy atom. The number of hydrogen-bond donors (Lipinski definition) is 4. The molecule has 0 atom stereocenters. The zero-order valence-electron chi connectivity index (χ0n) is 24.1. The number of amides is 1. The van der Waals surface area contributed by atoms with Gasteiger partial charge in [0.15, 0.2) is 5.75 Å². The fraction of sp³-hybridized carbons (Fsp3) is 0.379. The molecule has 1 aliphatic rings. The van der Waals surface area contributed by atoms with Crippen molar-refractivity contribution in [2.45, 2.75) is 39.7 Å². The number of aryl methyl sites for hydroxylation is 1. The number of nitrogens with one attached hydrogen (secondary N) is 2. The van der Waals surface area contributed by atoms with Crippen LogP contribution in [-0.2, 0) is 19.6 Å². The highest BCUT2D eigenvalue weighted by atomic mass is 32.2. The van der Waals surface area contributed by atoms with Crippen LogP contribution in [0.5, 0.6) is 5.75 Å². The number of rotatable bonds is 12. The van der Waals surface area contributed by atoms with Crippen molar-refractivity contribution in [3.05, 3.63) is 64.7 Å². The maximum atomic E-state index is 13.5. The number of nitrogen functional groups attached to an aromatic ring is 1. The first-order chi connectivity index (χ1) is 19.8. The summed E-state index contributed by atoms with van der Waals surface area (Å²) in [5, 5.41) is 15.5. The number of primary amides is 1. The maximum Gasteiger partial charge on any atom is 0.323 e. The number of amidine groups is 2. The molecule has 13 heteroatoms. The number of likely N-dealkylation sites (tertiary alicyclic amines) is 1. The van der Waals surface area contributed by atoms with E-state index < -0.39 is 27.7 Å². The number of carbonyl (C=O) groups is 2. The van der Waals surface area contributed by atoms with Crippen LogP contribution in [0.3, 0.4) is 0 Å². The lowest BCUT2D eigenvalue weighted by atomic mass is 10.0. The van der Waals surface area contributed by atoms with Crippen molar-refractivity contribution < 1.29 is 27.5 Å². The van der Waals surface area contributed by atoms with E-state index >= 15 is 0 Å². The molecule has 3 rings (SSSR count). The predicted octanol–water partition coefficient (Wildman–Crippen LogP) is 2.63. The summed E-state index contributed by atoms with van der Waals surface area (Å²) in [4.78, 5) is 26.7. The van der Waals surface area contributed by atoms with Crippen molar-refractivity contribution in [1.82, 2.24) is 4.90 Å². The van der Waals surface area contributed by atoms with Gasteiger partial charge in [-0.15, -0.1) is 0 Å². The summed E-state index contributed by atoms with van der Waals surface area (Å²) >= 11 is 0. The first kappa shape index (κ1) is 32.1. The van der Waals surface area contributed by atoms with Gasteiger partial charge < -0.3 is 25.8 Å². The van der Waals surface area contributed by atoms with E-state index in [4.69, 9.17) is 31.8 Å². The van der Waals surface area contributed by atoms with Gasteiger partial charge in [0.1, 0.15) is 17.7 Å². The van der Waals surface area contributed by atoms with Crippen molar-refractivity contribution >= 4 is 45.3 Å². The first-order valence-electron chi connectivity index (χ1n) is 13.5. The van der Waals surface area contributed by atoms with Gasteiger partial charge in [-0.25, -0.2) is 8.42 Å². The average molecular weight is 599 g/mol. The Hall–Kier alpha value is -4.39. The molecule has 6 N–H and O–H groups in total. The molecular weight excluding hydrogens is 560 g/mol. The van der Waals surface area contributed by atoms with Crippen LogP contribution in [0.25, 0.3) is 6.08 Å². The second kappa shape index (κ2) is 14.0. The SMILES string of the molecule is CCOC(=O)CS(=O)(=O)N(C/C=C/c1cccc(C(=N)N)c1)c1cc(C)c(OC2CCN(C(C)=N)CC2)c(C(N)=O)c1. The molecule has 42 heavy (non-hydrogen) atoms. The van der Waals surface area contributed by atoms with Gasteiger partial charge in [0.05, 0.1) is 30.2 Å². The van der Waals surface area contributed by atoms with Gasteiger partial charge in [-0.2, -0.15) is 0 Å². The number of nitrogens with zero attached hydrogens (tertiary/aromatic N) is 2. The normalized spacial score (nSPS) is 14.0. The van der Waals surface area contributed by atoms with E-state index in [9.17, 15) is 18.0 Å². The Bertz CT molecular complexity index is 1480. The van der Waals surface area contributed by atoms with Crippen LogP contribution < -0.4 is 20.5 Å². The Morgan fingerprint density at radius 3 is 2.43 bits per heavy atom. The zero-order chi connectivity index (χ0) is 31.0. The third-order valence-corrected chi connectivity index (χ3v) is 8.37. The van der Waals surface area contributed by atoms with E-state index in [1.807, 2.05) is 4.90 Å². The van der Waals surface area contributed by atoms with Gasteiger partial charge in [0.25, 0.3) is 5.91 Å². The molecule has 0 bridgehead atoms. The van der Waals surface area contributed by atoms with Crippen molar-refractivity contribution in [2.24, 2.45) is 11.5 Å². The monoisotopic (exact) mass is 598 g/mol. The summed E-state index contributed by atoms with van der Waals surface area (Å²) in [7, 11) is -4.25. The molecule has 1 amide bonds. The molecule has 1 heterocycles. The van der Waals surface area contributed by atoms with Gasteiger partial charge in [0.2, 0.25) is 10.0 Å².